The SMILES string of the molecule is O=C(CSc1cc(Cl)ccc1Cl)NCC1(O)CCCCC1. The Morgan fingerprint density at radius 1 is 1.29 bits per heavy atom. The third-order valence-electron chi connectivity index (χ3n) is 3.65. The maximum Gasteiger partial charge on any atom is 0.230 e. The maximum absolute atomic E-state index is 11.9. The van der Waals surface area contributed by atoms with Crippen LogP contribution in [-0.2, 0) is 4.79 Å². The Bertz CT molecular complexity index is 504. The summed E-state index contributed by atoms with van der Waals surface area (Å²) in [5, 5.41) is 14.3. The van der Waals surface area contributed by atoms with Gasteiger partial charge in [0.15, 0.2) is 0 Å². The number of hydrogen-bond donors (Lipinski definition) is 2. The summed E-state index contributed by atoms with van der Waals surface area (Å²) in [6, 6.07) is 5.18. The number of amides is 1. The quantitative estimate of drug-likeness (QED) is 0.794. The highest BCUT2D eigenvalue weighted by atomic mass is 35.5. The molecule has 6 heteroatoms. The van der Waals surface area contributed by atoms with Gasteiger partial charge in [-0.25, -0.2) is 0 Å². The van der Waals surface area contributed by atoms with E-state index < -0.39 is 5.60 Å². The lowest BCUT2D eigenvalue weighted by molar-refractivity contribution is -0.120. The second-order valence-electron chi connectivity index (χ2n) is 5.43. The Kier molecular flexibility index (Phi) is 6.23. The molecule has 1 aromatic rings. The number of halogens is 2. The Morgan fingerprint density at radius 2 is 2.00 bits per heavy atom. The van der Waals surface area contributed by atoms with E-state index in [9.17, 15) is 9.90 Å². The summed E-state index contributed by atoms with van der Waals surface area (Å²) in [4.78, 5) is 12.7. The van der Waals surface area contributed by atoms with Gasteiger partial charge in [-0.2, -0.15) is 0 Å². The molecule has 3 nitrogen and oxygen atoms in total. The lowest BCUT2D eigenvalue weighted by Crippen LogP contribution is -2.44. The number of carbonyl (C=O) groups excluding carboxylic acids is 1. The lowest BCUT2D eigenvalue weighted by atomic mass is 9.85. The molecule has 0 saturated heterocycles. The van der Waals surface area contributed by atoms with Crippen LogP contribution in [0.5, 0.6) is 0 Å². The molecule has 1 aliphatic rings. The molecule has 2 N–H and O–H groups in total. The van der Waals surface area contributed by atoms with E-state index in [-0.39, 0.29) is 11.7 Å². The largest absolute Gasteiger partial charge is 0.388 e. The standard InChI is InChI=1S/C15H19Cl2NO2S/c16-11-4-5-12(17)13(8-11)21-9-14(19)18-10-15(20)6-2-1-3-7-15/h4-5,8,20H,1-3,6-7,9-10H2,(H,18,19). The lowest BCUT2D eigenvalue weighted by Gasteiger charge is -2.32. The predicted molar refractivity (Wildman–Crippen MR) is 88.2 cm³/mol. The monoisotopic (exact) mass is 347 g/mol. The molecule has 1 saturated carbocycles. The van der Waals surface area contributed by atoms with Gasteiger partial charge in [-0.3, -0.25) is 4.79 Å². The third-order valence-corrected chi connectivity index (χ3v) is 5.38. The van der Waals surface area contributed by atoms with E-state index in [1.54, 1.807) is 18.2 Å². The Balaban J connectivity index is 1.78. The molecule has 0 aliphatic heterocycles. The minimum Gasteiger partial charge on any atom is -0.388 e. The van der Waals surface area contributed by atoms with E-state index in [0.717, 1.165) is 30.6 Å². The number of hydrogen-bond acceptors (Lipinski definition) is 3. The molecule has 0 unspecified atom stereocenters. The summed E-state index contributed by atoms with van der Waals surface area (Å²) in [5.41, 5.74) is -0.730. The zero-order valence-electron chi connectivity index (χ0n) is 11.7. The van der Waals surface area contributed by atoms with Crippen molar-refractivity contribution in [3.8, 4) is 0 Å². The molecular weight excluding hydrogens is 329 g/mol. The highest BCUT2D eigenvalue weighted by Crippen LogP contribution is 2.30. The Labute approximate surface area is 139 Å². The molecule has 21 heavy (non-hydrogen) atoms. The smallest absolute Gasteiger partial charge is 0.230 e. The molecule has 0 heterocycles. The zero-order valence-corrected chi connectivity index (χ0v) is 14.0. The first kappa shape index (κ1) is 16.9. The van der Waals surface area contributed by atoms with Crippen LogP contribution in [0.25, 0.3) is 0 Å². The zero-order chi connectivity index (χ0) is 15.3. The molecule has 0 radical (unpaired) electrons. The normalized spacial score (nSPS) is 17.5. The van der Waals surface area contributed by atoms with Crippen LogP contribution in [0, 0.1) is 0 Å². The first-order valence-corrected chi connectivity index (χ1v) is 8.80. The molecule has 0 bridgehead atoms. The van der Waals surface area contributed by atoms with Crippen molar-refractivity contribution in [3.63, 3.8) is 0 Å². The van der Waals surface area contributed by atoms with Crippen molar-refractivity contribution in [1.29, 1.82) is 0 Å². The number of aliphatic hydroxyl groups is 1. The fourth-order valence-electron chi connectivity index (χ4n) is 2.43. The molecule has 1 fully saturated rings. The van der Waals surface area contributed by atoms with Gasteiger partial charge in [0.1, 0.15) is 0 Å². The van der Waals surface area contributed by atoms with Crippen molar-refractivity contribution in [2.45, 2.75) is 42.6 Å². The highest BCUT2D eigenvalue weighted by Gasteiger charge is 2.29. The fourth-order valence-corrected chi connectivity index (χ4v) is 3.75. The second-order valence-corrected chi connectivity index (χ2v) is 7.29. The van der Waals surface area contributed by atoms with Crippen LogP contribution in [0.1, 0.15) is 32.1 Å². The maximum atomic E-state index is 11.9. The van der Waals surface area contributed by atoms with Crippen molar-refractivity contribution < 1.29 is 9.90 Å². The molecule has 1 amide bonds. The van der Waals surface area contributed by atoms with Crippen LogP contribution in [0.15, 0.2) is 23.1 Å². The van der Waals surface area contributed by atoms with Crippen LogP contribution in [0.2, 0.25) is 10.0 Å². The molecule has 0 aromatic heterocycles. The Hall–Kier alpha value is -0.420. The van der Waals surface area contributed by atoms with E-state index in [0.29, 0.717) is 16.6 Å². The van der Waals surface area contributed by atoms with Crippen LogP contribution in [0.4, 0.5) is 0 Å². The summed E-state index contributed by atoms with van der Waals surface area (Å²) in [5.74, 6) is 0.158. The van der Waals surface area contributed by atoms with E-state index in [4.69, 9.17) is 23.2 Å². The number of nitrogens with one attached hydrogen (secondary N) is 1. The van der Waals surface area contributed by atoms with Crippen molar-refractivity contribution in [2.24, 2.45) is 0 Å². The third kappa shape index (κ3) is 5.37. The van der Waals surface area contributed by atoms with Gasteiger partial charge in [-0.1, -0.05) is 42.5 Å². The predicted octanol–water partition coefficient (Wildman–Crippen LogP) is 3.90. The van der Waals surface area contributed by atoms with Gasteiger partial charge >= 0.3 is 0 Å². The van der Waals surface area contributed by atoms with Crippen molar-refractivity contribution in [3.05, 3.63) is 28.2 Å². The van der Waals surface area contributed by atoms with E-state index in [1.165, 1.54) is 18.2 Å². The topological polar surface area (TPSA) is 49.3 Å². The number of rotatable bonds is 5. The molecule has 116 valence electrons. The van der Waals surface area contributed by atoms with Gasteiger partial charge in [0.25, 0.3) is 0 Å². The average Bonchev–Trinajstić information content (AvgIpc) is 2.47. The first-order chi connectivity index (χ1) is 9.98. The minimum absolute atomic E-state index is 0.102. The van der Waals surface area contributed by atoms with Gasteiger partial charge in [-0.05, 0) is 31.0 Å². The number of benzene rings is 1. The summed E-state index contributed by atoms with van der Waals surface area (Å²) >= 11 is 13.3. The summed E-state index contributed by atoms with van der Waals surface area (Å²) < 4.78 is 0. The van der Waals surface area contributed by atoms with Crippen molar-refractivity contribution >= 4 is 40.9 Å². The van der Waals surface area contributed by atoms with Gasteiger partial charge in [0.05, 0.1) is 16.4 Å². The van der Waals surface area contributed by atoms with Crippen LogP contribution < -0.4 is 5.32 Å². The van der Waals surface area contributed by atoms with Gasteiger partial charge in [0, 0.05) is 16.5 Å². The molecule has 0 atom stereocenters. The summed E-state index contributed by atoms with van der Waals surface area (Å²) in [6.07, 6.45) is 4.75. The van der Waals surface area contributed by atoms with Gasteiger partial charge < -0.3 is 10.4 Å². The van der Waals surface area contributed by atoms with Gasteiger partial charge in [0.2, 0.25) is 5.91 Å². The molecule has 1 aromatic carbocycles. The highest BCUT2D eigenvalue weighted by molar-refractivity contribution is 8.00. The van der Waals surface area contributed by atoms with Crippen LogP contribution in [0.3, 0.4) is 0 Å². The molecule has 1 aliphatic carbocycles. The Morgan fingerprint density at radius 3 is 2.71 bits per heavy atom. The number of thioether (sulfide) groups is 1. The van der Waals surface area contributed by atoms with Crippen LogP contribution >= 0.6 is 35.0 Å². The molecule has 0 spiro atoms. The first-order valence-electron chi connectivity index (χ1n) is 7.05. The summed E-state index contributed by atoms with van der Waals surface area (Å²) in [7, 11) is 0. The second kappa shape index (κ2) is 7.73. The fraction of sp³-hybridized carbons (Fsp3) is 0.533. The van der Waals surface area contributed by atoms with Crippen molar-refractivity contribution in [2.75, 3.05) is 12.3 Å². The van der Waals surface area contributed by atoms with E-state index in [2.05, 4.69) is 5.32 Å². The summed E-state index contributed by atoms with van der Waals surface area (Å²) in [6.45, 7) is 0.329. The minimum atomic E-state index is -0.730. The van der Waals surface area contributed by atoms with E-state index >= 15 is 0 Å². The average molecular weight is 348 g/mol. The molecule has 2 rings (SSSR count). The molecular formula is C15H19Cl2NO2S. The van der Waals surface area contributed by atoms with Crippen LogP contribution in [-0.4, -0.2) is 28.9 Å². The van der Waals surface area contributed by atoms with Crippen molar-refractivity contribution in [1.82, 2.24) is 5.32 Å². The van der Waals surface area contributed by atoms with Gasteiger partial charge in [-0.15, -0.1) is 11.8 Å². The number of carbonyl (C=O) groups is 1. The van der Waals surface area contributed by atoms with E-state index in [1.807, 2.05) is 0 Å².